The summed E-state index contributed by atoms with van der Waals surface area (Å²) < 4.78 is 9.98. The normalized spacial score (nSPS) is 35.9. The molecule has 1 fully saturated rings. The molecule has 0 aromatic heterocycles. The quantitative estimate of drug-likeness (QED) is 0.198. The third kappa shape index (κ3) is 4.58. The van der Waals surface area contributed by atoms with Crippen LogP contribution in [0.4, 0.5) is 0 Å². The van der Waals surface area contributed by atoms with E-state index in [0.29, 0.717) is 0 Å². The van der Waals surface area contributed by atoms with Crippen LogP contribution >= 0.6 is 0 Å². The van der Waals surface area contributed by atoms with Gasteiger partial charge >= 0.3 is 5.97 Å². The van der Waals surface area contributed by atoms with Gasteiger partial charge in [-0.3, -0.25) is 0 Å². The van der Waals surface area contributed by atoms with E-state index < -0.39 is 74.3 Å². The number of aliphatic hydroxyl groups excluding tert-OH is 8. The summed E-state index contributed by atoms with van der Waals surface area (Å²) in [6.45, 7) is -1.76. The van der Waals surface area contributed by atoms with Gasteiger partial charge < -0.3 is 55.4 Å². The van der Waals surface area contributed by atoms with Crippen molar-refractivity contribution < 1.29 is 60.2 Å². The summed E-state index contributed by atoms with van der Waals surface area (Å²) in [5.41, 5.74) is 0. The topological polar surface area (TPSA) is 218 Å². The summed E-state index contributed by atoms with van der Waals surface area (Å²) >= 11 is 0. The Morgan fingerprint density at radius 2 is 1.62 bits per heavy atom. The first kappa shape index (κ1) is 21.1. The summed E-state index contributed by atoms with van der Waals surface area (Å²) in [5, 5.41) is 84.5. The molecule has 24 heavy (non-hydrogen) atoms. The zero-order valence-electron chi connectivity index (χ0n) is 12.4. The molecule has 12 heteroatoms. The maximum atomic E-state index is 10.7. The lowest BCUT2D eigenvalue weighted by Gasteiger charge is -2.42. The lowest BCUT2D eigenvalue weighted by Crippen LogP contribution is -2.61. The molecule has 0 aromatic rings. The molecule has 9 N–H and O–H groups in total. The van der Waals surface area contributed by atoms with Gasteiger partial charge in [-0.25, -0.2) is 4.79 Å². The SMILES string of the molecule is O=C(O)[C@@H](O)[C@@H](O)[C@H](O[C@H]1O[C@H](CO)[C@@H](O)[C@H](O)[C@@H]1O)[C@H](O)CO. The third-order valence-corrected chi connectivity index (χ3v) is 3.62. The van der Waals surface area contributed by atoms with E-state index in [0.717, 1.165) is 0 Å². The molecule has 0 aliphatic carbocycles. The average Bonchev–Trinajstić information content (AvgIpc) is 2.57. The molecule has 1 aliphatic heterocycles. The van der Waals surface area contributed by atoms with Gasteiger partial charge in [-0.15, -0.1) is 0 Å². The van der Waals surface area contributed by atoms with Crippen molar-refractivity contribution in [2.24, 2.45) is 0 Å². The number of ether oxygens (including phenoxy) is 2. The van der Waals surface area contributed by atoms with Gasteiger partial charge in [0.25, 0.3) is 0 Å². The molecule has 1 rings (SSSR count). The fraction of sp³-hybridized carbons (Fsp3) is 0.917. The molecular weight excluding hydrogens is 336 g/mol. The number of carboxylic acids is 1. The molecule has 142 valence electrons. The maximum absolute atomic E-state index is 10.7. The lowest BCUT2D eigenvalue weighted by atomic mass is 9.98. The first-order chi connectivity index (χ1) is 11.1. The minimum Gasteiger partial charge on any atom is -0.479 e. The van der Waals surface area contributed by atoms with Gasteiger partial charge in [-0.05, 0) is 0 Å². The van der Waals surface area contributed by atoms with Crippen molar-refractivity contribution in [2.45, 2.75) is 55.1 Å². The third-order valence-electron chi connectivity index (χ3n) is 3.62. The van der Waals surface area contributed by atoms with Crippen molar-refractivity contribution in [3.8, 4) is 0 Å². The Bertz CT molecular complexity index is 403. The maximum Gasteiger partial charge on any atom is 0.335 e. The van der Waals surface area contributed by atoms with Crippen LogP contribution in [0.3, 0.4) is 0 Å². The Balaban J connectivity index is 2.94. The van der Waals surface area contributed by atoms with Crippen LogP contribution in [0.25, 0.3) is 0 Å². The number of carboxylic acid groups (broad SMARTS) is 1. The molecular formula is C12H22O12. The van der Waals surface area contributed by atoms with Crippen molar-refractivity contribution in [2.75, 3.05) is 13.2 Å². The molecule has 1 saturated heterocycles. The minimum absolute atomic E-state index is 0.766. The summed E-state index contributed by atoms with van der Waals surface area (Å²) in [7, 11) is 0. The van der Waals surface area contributed by atoms with Gasteiger partial charge in [0.1, 0.15) is 42.7 Å². The molecule has 1 aliphatic rings. The molecule has 0 bridgehead atoms. The zero-order chi connectivity index (χ0) is 18.6. The number of aliphatic hydroxyl groups is 8. The highest BCUT2D eigenvalue weighted by molar-refractivity contribution is 5.72. The van der Waals surface area contributed by atoms with E-state index in [4.69, 9.17) is 24.8 Å². The van der Waals surface area contributed by atoms with Gasteiger partial charge in [0, 0.05) is 0 Å². The number of hydrogen-bond acceptors (Lipinski definition) is 11. The predicted octanol–water partition coefficient (Wildman–Crippen LogP) is -5.67. The standard InChI is InChI=1S/C12H22O12/c13-1-3(15)10(7(18)8(19)11(21)22)24-12-9(20)6(17)5(16)4(2-14)23-12/h3-10,12-20H,1-2H2,(H,21,22)/t3-,4-,5-,6+,7-,8+,9+,10-,12-/m1/s1. The molecule has 0 radical (unpaired) electrons. The van der Waals surface area contributed by atoms with E-state index in [2.05, 4.69) is 0 Å². The largest absolute Gasteiger partial charge is 0.479 e. The summed E-state index contributed by atoms with van der Waals surface area (Å²) in [4.78, 5) is 10.7. The molecule has 0 unspecified atom stereocenters. The van der Waals surface area contributed by atoms with E-state index in [1.54, 1.807) is 0 Å². The first-order valence-electron chi connectivity index (χ1n) is 6.99. The predicted molar refractivity (Wildman–Crippen MR) is 71.4 cm³/mol. The Morgan fingerprint density at radius 1 is 1.04 bits per heavy atom. The molecule has 9 atom stereocenters. The van der Waals surface area contributed by atoms with Gasteiger partial charge in [-0.2, -0.15) is 0 Å². The number of hydrogen-bond donors (Lipinski definition) is 9. The van der Waals surface area contributed by atoms with E-state index >= 15 is 0 Å². The van der Waals surface area contributed by atoms with Crippen LogP contribution in [0.5, 0.6) is 0 Å². The number of aliphatic carboxylic acids is 1. The highest BCUT2D eigenvalue weighted by Crippen LogP contribution is 2.24. The Labute approximate surface area is 135 Å². The van der Waals surface area contributed by atoms with Crippen molar-refractivity contribution in [1.29, 1.82) is 0 Å². The van der Waals surface area contributed by atoms with Crippen LogP contribution in [0, 0.1) is 0 Å². The Morgan fingerprint density at radius 3 is 2.08 bits per heavy atom. The van der Waals surface area contributed by atoms with Crippen LogP contribution in [-0.2, 0) is 14.3 Å². The summed E-state index contributed by atoms with van der Waals surface area (Å²) in [6, 6.07) is 0. The first-order valence-corrected chi connectivity index (χ1v) is 6.99. The zero-order valence-corrected chi connectivity index (χ0v) is 12.4. The molecule has 0 aromatic carbocycles. The molecule has 0 spiro atoms. The van der Waals surface area contributed by atoms with E-state index in [1.807, 2.05) is 0 Å². The van der Waals surface area contributed by atoms with E-state index in [9.17, 15) is 35.4 Å². The van der Waals surface area contributed by atoms with Gasteiger partial charge in [0.05, 0.1) is 13.2 Å². The van der Waals surface area contributed by atoms with Crippen LogP contribution < -0.4 is 0 Å². The fourth-order valence-corrected chi connectivity index (χ4v) is 2.16. The van der Waals surface area contributed by atoms with Crippen molar-refractivity contribution in [1.82, 2.24) is 0 Å². The Hall–Kier alpha value is -0.930. The molecule has 1 heterocycles. The van der Waals surface area contributed by atoms with Gasteiger partial charge in [0.2, 0.25) is 0 Å². The number of carbonyl (C=O) groups is 1. The average molecular weight is 358 g/mol. The van der Waals surface area contributed by atoms with Crippen molar-refractivity contribution >= 4 is 5.97 Å². The second-order valence-electron chi connectivity index (χ2n) is 5.32. The van der Waals surface area contributed by atoms with Crippen molar-refractivity contribution in [3.63, 3.8) is 0 Å². The van der Waals surface area contributed by atoms with Crippen LogP contribution in [0.15, 0.2) is 0 Å². The highest BCUT2D eigenvalue weighted by atomic mass is 16.7. The van der Waals surface area contributed by atoms with Gasteiger partial charge in [-0.1, -0.05) is 0 Å². The summed E-state index contributed by atoms with van der Waals surface area (Å²) in [6.07, 6.45) is -16.9. The van der Waals surface area contributed by atoms with Crippen molar-refractivity contribution in [3.05, 3.63) is 0 Å². The summed E-state index contributed by atoms with van der Waals surface area (Å²) in [5.74, 6) is -1.84. The van der Waals surface area contributed by atoms with Crippen LogP contribution in [0.1, 0.15) is 0 Å². The smallest absolute Gasteiger partial charge is 0.335 e. The van der Waals surface area contributed by atoms with E-state index in [1.165, 1.54) is 0 Å². The monoisotopic (exact) mass is 358 g/mol. The minimum atomic E-state index is -2.39. The molecule has 0 amide bonds. The van der Waals surface area contributed by atoms with Crippen LogP contribution in [-0.4, -0.2) is 120 Å². The molecule has 0 saturated carbocycles. The van der Waals surface area contributed by atoms with Gasteiger partial charge in [0.15, 0.2) is 12.4 Å². The van der Waals surface area contributed by atoms with E-state index in [-0.39, 0.29) is 0 Å². The Kier molecular flexibility index (Phi) is 7.88. The van der Waals surface area contributed by atoms with Crippen LogP contribution in [0.2, 0.25) is 0 Å². The second-order valence-corrected chi connectivity index (χ2v) is 5.32. The number of rotatable bonds is 8. The molecule has 12 nitrogen and oxygen atoms in total. The highest BCUT2D eigenvalue weighted by Gasteiger charge is 2.47. The second kappa shape index (κ2) is 8.96. The lowest BCUT2D eigenvalue weighted by molar-refractivity contribution is -0.326. The fourth-order valence-electron chi connectivity index (χ4n) is 2.16.